The molecule has 0 saturated carbocycles. The topological polar surface area (TPSA) is 57.6 Å². The van der Waals surface area contributed by atoms with Crippen LogP contribution < -0.4 is 0 Å². The number of likely N-dealkylation sites (tertiary alicyclic amines) is 1. The quantitative estimate of drug-likeness (QED) is 0.834. The summed E-state index contributed by atoms with van der Waals surface area (Å²) in [5.41, 5.74) is 0. The predicted molar refractivity (Wildman–Crippen MR) is 71.6 cm³/mol. The van der Waals surface area contributed by atoms with Gasteiger partial charge < -0.3 is 10.0 Å². The number of amides is 1. The van der Waals surface area contributed by atoms with Crippen molar-refractivity contribution < 1.29 is 14.7 Å². The van der Waals surface area contributed by atoms with Crippen molar-refractivity contribution in [2.24, 2.45) is 5.92 Å². The van der Waals surface area contributed by atoms with Crippen LogP contribution in [0.5, 0.6) is 0 Å². The maximum Gasteiger partial charge on any atom is 0.306 e. The van der Waals surface area contributed by atoms with Gasteiger partial charge in [0.15, 0.2) is 0 Å². The van der Waals surface area contributed by atoms with Crippen molar-refractivity contribution in [1.82, 2.24) is 4.90 Å². The van der Waals surface area contributed by atoms with E-state index in [4.69, 9.17) is 5.11 Å². The molecule has 1 N–H and O–H groups in total. The van der Waals surface area contributed by atoms with Crippen LogP contribution in [0.2, 0.25) is 0 Å². The lowest BCUT2D eigenvalue weighted by atomic mass is 9.90. The Labute approximate surface area is 112 Å². The van der Waals surface area contributed by atoms with Gasteiger partial charge in [0.2, 0.25) is 5.91 Å². The van der Waals surface area contributed by atoms with Crippen LogP contribution in [0.4, 0.5) is 0 Å². The van der Waals surface area contributed by atoms with Crippen LogP contribution in [0.3, 0.4) is 0 Å². The monoisotopic (exact) mass is 271 g/mol. The van der Waals surface area contributed by atoms with Gasteiger partial charge in [-0.2, -0.15) is 0 Å². The van der Waals surface area contributed by atoms with Crippen molar-refractivity contribution >= 4 is 23.6 Å². The first-order valence-corrected chi connectivity index (χ1v) is 7.60. The highest BCUT2D eigenvalue weighted by Gasteiger charge is 2.43. The average Bonchev–Trinajstić information content (AvgIpc) is 2.76. The minimum atomic E-state index is -0.726. The van der Waals surface area contributed by atoms with Gasteiger partial charge in [0.05, 0.1) is 10.7 Å². The Bertz CT molecular complexity index is 352. The smallest absolute Gasteiger partial charge is 0.306 e. The van der Waals surface area contributed by atoms with E-state index in [-0.39, 0.29) is 22.6 Å². The molecule has 0 aromatic rings. The summed E-state index contributed by atoms with van der Waals surface area (Å²) in [6, 6.07) is 0.0466. The summed E-state index contributed by atoms with van der Waals surface area (Å²) in [6.07, 6.45) is 3.23. The molecule has 0 bridgehead atoms. The van der Waals surface area contributed by atoms with Crippen LogP contribution in [-0.4, -0.2) is 45.0 Å². The highest BCUT2D eigenvalue weighted by atomic mass is 32.2. The van der Waals surface area contributed by atoms with Gasteiger partial charge in [0.1, 0.15) is 0 Å². The van der Waals surface area contributed by atoms with E-state index >= 15 is 0 Å². The van der Waals surface area contributed by atoms with E-state index in [0.717, 1.165) is 18.6 Å². The first-order valence-electron chi connectivity index (χ1n) is 6.62. The summed E-state index contributed by atoms with van der Waals surface area (Å²) >= 11 is 1.75. The van der Waals surface area contributed by atoms with Crippen molar-refractivity contribution in [3.63, 3.8) is 0 Å². The maximum absolute atomic E-state index is 12.6. The molecule has 2 aliphatic rings. The fourth-order valence-corrected chi connectivity index (χ4v) is 4.22. The molecule has 1 amide bonds. The van der Waals surface area contributed by atoms with Crippen LogP contribution in [-0.2, 0) is 9.59 Å². The fraction of sp³-hybridized carbons (Fsp3) is 0.846. The van der Waals surface area contributed by atoms with Crippen LogP contribution in [0.1, 0.15) is 39.5 Å². The van der Waals surface area contributed by atoms with Gasteiger partial charge in [0, 0.05) is 12.6 Å². The van der Waals surface area contributed by atoms with Gasteiger partial charge in [-0.05, 0) is 45.3 Å². The van der Waals surface area contributed by atoms with E-state index in [2.05, 4.69) is 0 Å². The van der Waals surface area contributed by atoms with Crippen LogP contribution in [0.15, 0.2) is 0 Å². The average molecular weight is 271 g/mol. The standard InChI is InChI=1S/C13H21NO3S/c1-9-8-10(11(15)16)4-6-14(9)12(17)13(2)5-3-7-18-13/h9-10H,3-8H2,1-2H3,(H,15,16). The number of carbonyl (C=O) groups excluding carboxylic acids is 1. The first kappa shape index (κ1) is 13.7. The largest absolute Gasteiger partial charge is 0.481 e. The highest BCUT2D eigenvalue weighted by molar-refractivity contribution is 8.01. The Kier molecular flexibility index (Phi) is 3.90. The van der Waals surface area contributed by atoms with E-state index in [1.165, 1.54) is 0 Å². The van der Waals surface area contributed by atoms with Crippen molar-refractivity contribution in [3.05, 3.63) is 0 Å². The lowest BCUT2D eigenvalue weighted by Gasteiger charge is -2.40. The van der Waals surface area contributed by atoms with E-state index in [1.807, 2.05) is 18.7 Å². The molecule has 0 spiro atoms. The second kappa shape index (κ2) is 5.11. The van der Waals surface area contributed by atoms with E-state index < -0.39 is 5.97 Å². The zero-order chi connectivity index (χ0) is 13.3. The fourth-order valence-electron chi connectivity index (χ4n) is 2.95. The third-order valence-electron chi connectivity index (χ3n) is 4.16. The number of hydrogen-bond acceptors (Lipinski definition) is 3. The molecule has 0 aliphatic carbocycles. The van der Waals surface area contributed by atoms with Crippen LogP contribution >= 0.6 is 11.8 Å². The summed E-state index contributed by atoms with van der Waals surface area (Å²) < 4.78 is -0.273. The van der Waals surface area contributed by atoms with Gasteiger partial charge in [-0.3, -0.25) is 9.59 Å². The second-order valence-corrected chi connectivity index (χ2v) is 7.19. The molecule has 2 heterocycles. The number of thioether (sulfide) groups is 1. The second-order valence-electron chi connectivity index (χ2n) is 5.59. The summed E-state index contributed by atoms with van der Waals surface area (Å²) in [5.74, 6) is 0.257. The van der Waals surface area contributed by atoms with Crippen LogP contribution in [0.25, 0.3) is 0 Å². The lowest BCUT2D eigenvalue weighted by molar-refractivity contribution is -0.148. The van der Waals surface area contributed by atoms with E-state index in [1.54, 1.807) is 11.8 Å². The highest BCUT2D eigenvalue weighted by Crippen LogP contribution is 2.40. The molecule has 2 fully saturated rings. The SMILES string of the molecule is CC1CC(C(=O)O)CCN1C(=O)C1(C)CCCS1. The van der Waals surface area contributed by atoms with Crippen LogP contribution in [0, 0.1) is 5.92 Å². The molecule has 2 rings (SSSR count). The Hall–Kier alpha value is -0.710. The number of aliphatic carboxylic acids is 1. The molecule has 2 aliphatic heterocycles. The summed E-state index contributed by atoms with van der Waals surface area (Å²) in [5, 5.41) is 9.04. The first-order chi connectivity index (χ1) is 8.44. The molecule has 0 radical (unpaired) electrons. The van der Waals surface area contributed by atoms with E-state index in [0.29, 0.717) is 19.4 Å². The summed E-state index contributed by atoms with van der Waals surface area (Å²) in [7, 11) is 0. The Balaban J connectivity index is 2.02. The summed E-state index contributed by atoms with van der Waals surface area (Å²) in [4.78, 5) is 25.5. The number of rotatable bonds is 2. The van der Waals surface area contributed by atoms with Crippen molar-refractivity contribution in [3.8, 4) is 0 Å². The number of hydrogen-bond donors (Lipinski definition) is 1. The van der Waals surface area contributed by atoms with Gasteiger partial charge in [-0.1, -0.05) is 0 Å². The van der Waals surface area contributed by atoms with Gasteiger partial charge in [-0.15, -0.1) is 11.8 Å². The molecule has 2 saturated heterocycles. The lowest BCUT2D eigenvalue weighted by Crippen LogP contribution is -2.52. The zero-order valence-electron chi connectivity index (χ0n) is 11.0. The molecule has 5 heteroatoms. The number of nitrogens with zero attached hydrogens (tertiary/aromatic N) is 1. The molecular formula is C13H21NO3S. The van der Waals surface area contributed by atoms with Gasteiger partial charge in [0.25, 0.3) is 0 Å². The Morgan fingerprint density at radius 3 is 2.67 bits per heavy atom. The molecule has 0 aromatic heterocycles. The zero-order valence-corrected chi connectivity index (χ0v) is 11.8. The summed E-state index contributed by atoms with van der Waals surface area (Å²) in [6.45, 7) is 4.59. The predicted octanol–water partition coefficient (Wildman–Crippen LogP) is 1.98. The number of carboxylic acid groups (broad SMARTS) is 1. The Morgan fingerprint density at radius 2 is 2.17 bits per heavy atom. The van der Waals surface area contributed by atoms with Crippen molar-refractivity contribution in [2.45, 2.75) is 50.3 Å². The minimum absolute atomic E-state index is 0.0466. The normalized spacial score (nSPS) is 36.7. The van der Waals surface area contributed by atoms with Crippen molar-refractivity contribution in [1.29, 1.82) is 0 Å². The minimum Gasteiger partial charge on any atom is -0.481 e. The third-order valence-corrected chi connectivity index (χ3v) is 5.67. The van der Waals surface area contributed by atoms with Gasteiger partial charge in [-0.25, -0.2) is 0 Å². The molecule has 4 nitrogen and oxygen atoms in total. The van der Waals surface area contributed by atoms with E-state index in [9.17, 15) is 9.59 Å². The maximum atomic E-state index is 12.6. The van der Waals surface area contributed by atoms with Gasteiger partial charge >= 0.3 is 5.97 Å². The molecular weight excluding hydrogens is 250 g/mol. The molecule has 3 atom stereocenters. The molecule has 3 unspecified atom stereocenters. The Morgan fingerprint density at radius 1 is 1.44 bits per heavy atom. The number of carboxylic acids is 1. The molecule has 102 valence electrons. The number of piperidine rings is 1. The van der Waals surface area contributed by atoms with Crippen molar-refractivity contribution in [2.75, 3.05) is 12.3 Å². The number of carbonyl (C=O) groups is 2. The molecule has 0 aromatic carbocycles. The molecule has 18 heavy (non-hydrogen) atoms. The third kappa shape index (κ3) is 2.51.